The second kappa shape index (κ2) is 9.00. The molecule has 1 fully saturated rings. The predicted octanol–water partition coefficient (Wildman–Crippen LogP) is 3.37. The van der Waals surface area contributed by atoms with Crippen molar-refractivity contribution < 1.29 is 4.79 Å². The number of nitrogens with zero attached hydrogens (tertiary/aromatic N) is 3. The number of likely N-dealkylation sites (tertiary alicyclic amines) is 1. The molecule has 27 heavy (non-hydrogen) atoms. The highest BCUT2D eigenvalue weighted by molar-refractivity contribution is 6.30. The Morgan fingerprint density at radius 1 is 1.22 bits per heavy atom. The number of aromatic nitrogens is 2. The maximum absolute atomic E-state index is 12.6. The first-order valence-electron chi connectivity index (χ1n) is 9.67. The van der Waals surface area contributed by atoms with Gasteiger partial charge in [0.15, 0.2) is 5.78 Å². The van der Waals surface area contributed by atoms with Crippen LogP contribution in [0.3, 0.4) is 0 Å². The van der Waals surface area contributed by atoms with E-state index < -0.39 is 0 Å². The molecule has 1 aromatic carbocycles. The van der Waals surface area contributed by atoms with E-state index in [1.165, 1.54) is 11.3 Å². The quantitative estimate of drug-likeness (QED) is 0.583. The minimum absolute atomic E-state index is 0.135. The van der Waals surface area contributed by atoms with Crippen LogP contribution in [0.5, 0.6) is 0 Å². The molecule has 0 amide bonds. The molecule has 2 heterocycles. The average Bonchev–Trinajstić information content (AvgIpc) is 2.91. The first-order valence-corrected chi connectivity index (χ1v) is 10.1. The van der Waals surface area contributed by atoms with Gasteiger partial charge in [0.25, 0.3) is 0 Å². The first-order chi connectivity index (χ1) is 13.0. The van der Waals surface area contributed by atoms with Crippen molar-refractivity contribution in [2.24, 2.45) is 13.0 Å². The Bertz CT molecular complexity index is 776. The zero-order valence-electron chi connectivity index (χ0n) is 16.5. The van der Waals surface area contributed by atoms with E-state index in [1.807, 2.05) is 23.9 Å². The van der Waals surface area contributed by atoms with Crippen molar-refractivity contribution in [3.05, 3.63) is 51.8 Å². The van der Waals surface area contributed by atoms with Gasteiger partial charge in [-0.15, -0.1) is 0 Å². The number of rotatable bonds is 7. The molecule has 0 aliphatic carbocycles. The van der Waals surface area contributed by atoms with Gasteiger partial charge in [0, 0.05) is 54.4 Å². The van der Waals surface area contributed by atoms with Gasteiger partial charge in [0.1, 0.15) is 0 Å². The van der Waals surface area contributed by atoms with E-state index in [-0.39, 0.29) is 11.7 Å². The monoisotopic (exact) mass is 388 g/mol. The van der Waals surface area contributed by atoms with Crippen molar-refractivity contribution in [1.82, 2.24) is 20.0 Å². The Labute approximate surface area is 166 Å². The van der Waals surface area contributed by atoms with Gasteiger partial charge in [0.2, 0.25) is 0 Å². The highest BCUT2D eigenvalue weighted by Gasteiger charge is 2.25. The summed E-state index contributed by atoms with van der Waals surface area (Å²) < 4.78 is 1.94. The summed E-state index contributed by atoms with van der Waals surface area (Å²) in [5, 5.41) is 8.67. The fourth-order valence-electron chi connectivity index (χ4n) is 3.79. The molecule has 1 aliphatic rings. The Morgan fingerprint density at radius 2 is 1.89 bits per heavy atom. The minimum Gasteiger partial charge on any atom is -0.311 e. The Kier molecular flexibility index (Phi) is 6.68. The molecule has 0 atom stereocenters. The Balaban J connectivity index is 1.39. The van der Waals surface area contributed by atoms with Crippen molar-refractivity contribution >= 4 is 17.4 Å². The molecule has 0 radical (unpaired) electrons. The summed E-state index contributed by atoms with van der Waals surface area (Å²) in [6.45, 7) is 8.96. The van der Waals surface area contributed by atoms with Crippen LogP contribution in [0.1, 0.15) is 40.2 Å². The lowest BCUT2D eigenvalue weighted by Gasteiger charge is -2.31. The van der Waals surface area contributed by atoms with E-state index in [0.717, 1.165) is 56.8 Å². The third kappa shape index (κ3) is 4.98. The number of Topliss-reactive ketones (excluding diaryl/α,β-unsaturated/α-hetero) is 1. The van der Waals surface area contributed by atoms with Crippen LogP contribution < -0.4 is 5.32 Å². The van der Waals surface area contributed by atoms with Crippen LogP contribution in [0.15, 0.2) is 24.3 Å². The van der Waals surface area contributed by atoms with Crippen LogP contribution in [0.25, 0.3) is 0 Å². The molecule has 1 aliphatic heterocycles. The maximum Gasteiger partial charge on any atom is 0.166 e. The van der Waals surface area contributed by atoms with E-state index in [2.05, 4.69) is 29.2 Å². The molecular formula is C21H29ClN4O. The highest BCUT2D eigenvalue weighted by Crippen LogP contribution is 2.22. The smallest absolute Gasteiger partial charge is 0.166 e. The van der Waals surface area contributed by atoms with Crippen molar-refractivity contribution in [2.45, 2.75) is 33.2 Å². The van der Waals surface area contributed by atoms with Crippen molar-refractivity contribution in [1.29, 1.82) is 0 Å². The summed E-state index contributed by atoms with van der Waals surface area (Å²) in [6, 6.07) is 7.26. The molecular weight excluding hydrogens is 360 g/mol. The van der Waals surface area contributed by atoms with Crippen LogP contribution in [0.2, 0.25) is 5.02 Å². The molecule has 0 bridgehead atoms. The van der Waals surface area contributed by atoms with Gasteiger partial charge < -0.3 is 10.2 Å². The average molecular weight is 389 g/mol. The SMILES string of the molecule is Cc1nn(C)c(C)c1CNCCN1CCC(C(=O)c2ccc(Cl)cc2)CC1. The number of ketones is 1. The largest absolute Gasteiger partial charge is 0.311 e. The second-order valence-electron chi connectivity index (χ2n) is 7.44. The van der Waals surface area contributed by atoms with E-state index in [0.29, 0.717) is 5.02 Å². The number of hydrogen-bond donors (Lipinski definition) is 1. The maximum atomic E-state index is 12.6. The number of halogens is 1. The third-order valence-electron chi connectivity index (χ3n) is 5.65. The topological polar surface area (TPSA) is 50.2 Å². The van der Waals surface area contributed by atoms with Gasteiger partial charge >= 0.3 is 0 Å². The van der Waals surface area contributed by atoms with Crippen LogP contribution in [-0.4, -0.2) is 46.6 Å². The number of carbonyl (C=O) groups excluding carboxylic acids is 1. The zero-order valence-corrected chi connectivity index (χ0v) is 17.2. The minimum atomic E-state index is 0.135. The van der Waals surface area contributed by atoms with E-state index in [1.54, 1.807) is 12.1 Å². The van der Waals surface area contributed by atoms with Crippen LogP contribution in [-0.2, 0) is 13.6 Å². The number of benzene rings is 1. The lowest BCUT2D eigenvalue weighted by Crippen LogP contribution is -2.39. The molecule has 0 unspecified atom stereocenters. The van der Waals surface area contributed by atoms with E-state index in [9.17, 15) is 4.79 Å². The van der Waals surface area contributed by atoms with Crippen LogP contribution in [0.4, 0.5) is 0 Å². The van der Waals surface area contributed by atoms with Gasteiger partial charge in [-0.25, -0.2) is 0 Å². The van der Waals surface area contributed by atoms with Gasteiger partial charge in [0.05, 0.1) is 5.69 Å². The van der Waals surface area contributed by atoms with E-state index in [4.69, 9.17) is 11.6 Å². The Morgan fingerprint density at radius 3 is 2.48 bits per heavy atom. The summed E-state index contributed by atoms with van der Waals surface area (Å²) in [5.74, 6) is 0.392. The van der Waals surface area contributed by atoms with Gasteiger partial charge in [-0.3, -0.25) is 9.48 Å². The lowest BCUT2D eigenvalue weighted by molar-refractivity contribution is 0.0841. The normalized spacial score (nSPS) is 16.0. The molecule has 6 heteroatoms. The summed E-state index contributed by atoms with van der Waals surface area (Å²) in [7, 11) is 1.99. The van der Waals surface area contributed by atoms with Gasteiger partial charge in [-0.05, 0) is 64.0 Å². The molecule has 0 saturated carbocycles. The second-order valence-corrected chi connectivity index (χ2v) is 7.87. The predicted molar refractivity (Wildman–Crippen MR) is 109 cm³/mol. The van der Waals surface area contributed by atoms with Crippen LogP contribution >= 0.6 is 11.6 Å². The number of aryl methyl sites for hydroxylation is 2. The molecule has 3 rings (SSSR count). The highest BCUT2D eigenvalue weighted by atomic mass is 35.5. The summed E-state index contributed by atoms with van der Waals surface area (Å²) in [6.07, 6.45) is 1.87. The van der Waals surface area contributed by atoms with Crippen molar-refractivity contribution in [2.75, 3.05) is 26.2 Å². The third-order valence-corrected chi connectivity index (χ3v) is 5.90. The van der Waals surface area contributed by atoms with Gasteiger partial charge in [-0.2, -0.15) is 5.10 Å². The Hall–Kier alpha value is -1.69. The molecule has 1 aromatic heterocycles. The molecule has 5 nitrogen and oxygen atoms in total. The number of carbonyl (C=O) groups is 1. The molecule has 2 aromatic rings. The standard InChI is InChI=1S/C21H29ClN4O/c1-15-20(16(2)25(3)24-15)14-23-10-13-26-11-8-18(9-12-26)21(27)17-4-6-19(22)7-5-17/h4-7,18,23H,8-14H2,1-3H3. The summed E-state index contributed by atoms with van der Waals surface area (Å²) in [5.41, 5.74) is 4.40. The molecule has 0 spiro atoms. The number of nitrogens with one attached hydrogen (secondary N) is 1. The van der Waals surface area contributed by atoms with Crippen molar-refractivity contribution in [3.63, 3.8) is 0 Å². The zero-order chi connectivity index (χ0) is 19.4. The fraction of sp³-hybridized carbons (Fsp3) is 0.524. The molecule has 1 saturated heterocycles. The molecule has 146 valence electrons. The number of hydrogen-bond acceptors (Lipinski definition) is 4. The van der Waals surface area contributed by atoms with Gasteiger partial charge in [-0.1, -0.05) is 11.6 Å². The summed E-state index contributed by atoms with van der Waals surface area (Å²) in [4.78, 5) is 15.1. The van der Waals surface area contributed by atoms with Crippen LogP contribution in [0, 0.1) is 19.8 Å². The first kappa shape index (κ1) is 20.1. The molecule has 1 N–H and O–H groups in total. The summed E-state index contributed by atoms with van der Waals surface area (Å²) >= 11 is 5.91. The van der Waals surface area contributed by atoms with E-state index >= 15 is 0 Å². The van der Waals surface area contributed by atoms with Crippen molar-refractivity contribution in [3.8, 4) is 0 Å². The fourth-order valence-corrected chi connectivity index (χ4v) is 3.92. The number of piperidine rings is 1. The lowest BCUT2D eigenvalue weighted by atomic mass is 9.89.